The van der Waals surface area contributed by atoms with E-state index in [-0.39, 0.29) is 149 Å². The average Bonchev–Trinajstić information content (AvgIpc) is 3.60. The lowest BCUT2D eigenvalue weighted by molar-refractivity contribution is -0.153. The number of aliphatic carboxylic acids is 1. The number of carbonyl (C=O) groups excluding carboxylic acids is 4. The van der Waals surface area contributed by atoms with Crippen molar-refractivity contribution in [2.75, 3.05) is 60.5 Å². The van der Waals surface area contributed by atoms with E-state index in [4.69, 9.17) is 45.5 Å². The van der Waals surface area contributed by atoms with E-state index in [0.717, 1.165) is 36.4 Å². The Kier molecular flexibility index (Phi) is 86.3. The summed E-state index contributed by atoms with van der Waals surface area (Å²) in [6.45, 7) is 31.5. The van der Waals surface area contributed by atoms with E-state index < -0.39 is 54.5 Å². The second kappa shape index (κ2) is 63.3. The van der Waals surface area contributed by atoms with Gasteiger partial charge in [0.05, 0.1) is 34.2 Å². The molecular formula is C66H144N2O19S2Si2. The molecule has 3 rings (SSSR count). The first-order chi connectivity index (χ1) is 36.7. The Morgan fingerprint density at radius 1 is 0.615 bits per heavy atom. The third kappa shape index (κ3) is 45.8. The Hall–Kier alpha value is -4.09. The van der Waals surface area contributed by atoms with E-state index in [1.807, 2.05) is 60.6 Å². The highest BCUT2D eigenvalue weighted by Crippen LogP contribution is 2.28. The van der Waals surface area contributed by atoms with E-state index in [2.05, 4.69) is 44.8 Å². The molecule has 552 valence electrons. The second-order valence-corrected chi connectivity index (χ2v) is 27.7. The van der Waals surface area contributed by atoms with Crippen molar-refractivity contribution in [1.29, 1.82) is 0 Å². The fraction of sp³-hybridized carbons (Fsp3) is 0.742. The highest BCUT2D eigenvalue weighted by molar-refractivity contribution is 7.86. The van der Waals surface area contributed by atoms with Crippen LogP contribution in [0.25, 0.3) is 0 Å². The Morgan fingerprint density at radius 2 is 0.967 bits per heavy atom. The van der Waals surface area contributed by atoms with Crippen molar-refractivity contribution in [3.8, 4) is 0 Å². The van der Waals surface area contributed by atoms with Crippen molar-refractivity contribution in [2.45, 2.75) is 254 Å². The van der Waals surface area contributed by atoms with Gasteiger partial charge in [0, 0.05) is 58.2 Å². The van der Waals surface area contributed by atoms with E-state index >= 15 is 0 Å². The molecule has 0 aliphatic carbocycles. The fourth-order valence-electron chi connectivity index (χ4n) is 6.31. The first-order valence-electron chi connectivity index (χ1n) is 26.7. The van der Waals surface area contributed by atoms with Crippen LogP contribution < -0.4 is 5.19 Å². The standard InChI is InChI=1S/C13H25NO5Si.C13H22O3Si.C10H14O3S.C9H15NO3.C5H10O2.C4H10O3S.12CH4/c1-6-17-20(18-7-2,19-8-3)9-14-12(15)10(4)11(5)13(14)16;1-6-11(2)12-7-9-13(10-8-12)17(14-3,15-4)16-5;1-3-8(2)9-4-6-10(7-5-9)14(11,12)13;1-4-9(2,3)8(12)13-6-5-10-7-11;1-3-4(2)5(6)7;1-3-4(2)8(5,6)7;;;;;;;;;;;;/h10-11H,6-9H2,1-5H3;7-11H,6H2,1-5H3;4-8H,3H2,1-2H3,(H,11,12,13);4-6H2,1-3H3;4H,3H2,1-2H3,(H,6,7);4H,3H2,1-2H3,(H,5,6,7);12*1H4. The number of carboxylic acid groups (broad SMARTS) is 1. The third-order valence-corrected chi connectivity index (χ3v) is 20.9. The lowest BCUT2D eigenvalue weighted by atomic mass is 9.91. The summed E-state index contributed by atoms with van der Waals surface area (Å²) in [5.74, 6) is -1.08. The number of isocyanates is 1. The molecule has 2 aromatic rings. The molecule has 1 saturated heterocycles. The number of amides is 2. The summed E-state index contributed by atoms with van der Waals surface area (Å²) in [5.41, 5.74) is 1.97. The van der Waals surface area contributed by atoms with Gasteiger partial charge in [-0.05, 0) is 109 Å². The number of benzene rings is 2. The smallest absolute Gasteiger partial charge is 0.481 e. The third-order valence-electron chi connectivity index (χ3n) is 13.2. The molecule has 0 radical (unpaired) electrons. The van der Waals surface area contributed by atoms with Crippen LogP contribution >= 0.6 is 0 Å². The predicted octanol–water partition coefficient (Wildman–Crippen LogP) is 16.7. The number of carboxylic acids is 1. The zero-order chi connectivity index (χ0) is 62.0. The summed E-state index contributed by atoms with van der Waals surface area (Å²) in [4.78, 5) is 59.7. The maximum Gasteiger partial charge on any atom is 0.536 e. The molecule has 2 aromatic carbocycles. The molecule has 0 bridgehead atoms. The minimum atomic E-state index is -4.05. The number of hydrogen-bond donors (Lipinski definition) is 3. The van der Waals surface area contributed by atoms with Crippen LogP contribution in [0, 0.1) is 23.2 Å². The molecule has 2 amide bonds. The Morgan fingerprint density at radius 3 is 1.20 bits per heavy atom. The van der Waals surface area contributed by atoms with E-state index in [1.165, 1.54) is 35.6 Å². The number of aliphatic imine (C=N–C) groups is 1. The van der Waals surface area contributed by atoms with Gasteiger partial charge >= 0.3 is 29.5 Å². The van der Waals surface area contributed by atoms with E-state index in [9.17, 15) is 40.8 Å². The average molecular weight is 1390 g/mol. The molecule has 1 fully saturated rings. The summed E-state index contributed by atoms with van der Waals surface area (Å²) in [5, 5.41) is 8.56. The fourth-order valence-corrected chi connectivity index (χ4v) is 11.5. The van der Waals surface area contributed by atoms with Crippen molar-refractivity contribution in [2.24, 2.45) is 28.2 Å². The topological polar surface area (TPSA) is 295 Å². The van der Waals surface area contributed by atoms with Gasteiger partial charge < -0.3 is 36.4 Å². The molecule has 1 aliphatic rings. The number of likely N-dealkylation sites (tertiary alicyclic amines) is 1. The zero-order valence-corrected chi connectivity index (χ0v) is 54.1. The Labute approximate surface area is 563 Å². The van der Waals surface area contributed by atoms with E-state index in [1.54, 1.807) is 61.2 Å². The molecular weight excluding hydrogens is 1250 g/mol. The SMILES string of the molecule is C.C.C.C.C.C.C.C.C.C.C.C.CCC(C)(C)C(=O)OCCN=C=O.CCC(C)C(=O)O.CCC(C)S(=O)(=O)O.CCC(C)c1ccc(S(=O)(=O)O)cc1.CCC(C)c1ccc([Si](OC)(OC)OC)cc1.CCO[Si](CN1C(=O)C(C)C(C)C1=O)(OCC)OCC. The molecule has 91 heavy (non-hydrogen) atoms. The highest BCUT2D eigenvalue weighted by atomic mass is 32.2. The second-order valence-electron chi connectivity index (χ2n) is 19.0. The Bertz CT molecular complexity index is 2290. The van der Waals surface area contributed by atoms with Crippen molar-refractivity contribution < 1.29 is 86.3 Å². The minimum absolute atomic E-state index is 0. The summed E-state index contributed by atoms with van der Waals surface area (Å²) >= 11 is 0. The molecule has 6 unspecified atom stereocenters. The molecule has 3 N–H and O–H groups in total. The molecule has 0 aromatic heterocycles. The highest BCUT2D eigenvalue weighted by Gasteiger charge is 2.51. The van der Waals surface area contributed by atoms with Crippen LogP contribution in [-0.2, 0) is 75.5 Å². The summed E-state index contributed by atoms with van der Waals surface area (Å²) in [7, 11) is -8.61. The number of carbonyl (C=O) groups is 4. The predicted molar refractivity (Wildman–Crippen MR) is 389 cm³/mol. The maximum absolute atomic E-state index is 12.2. The molecule has 1 aliphatic heterocycles. The van der Waals surface area contributed by atoms with Crippen LogP contribution in [0.3, 0.4) is 0 Å². The van der Waals surface area contributed by atoms with Crippen molar-refractivity contribution in [3.05, 3.63) is 59.7 Å². The minimum Gasteiger partial charge on any atom is -0.481 e. The van der Waals surface area contributed by atoms with Crippen LogP contribution in [0.2, 0.25) is 0 Å². The van der Waals surface area contributed by atoms with Crippen LogP contribution in [0.15, 0.2) is 58.4 Å². The van der Waals surface area contributed by atoms with Gasteiger partial charge in [0.1, 0.15) is 6.61 Å². The Balaban J connectivity index is -0.0000000586. The number of hydrogen-bond acceptors (Lipinski definition) is 17. The van der Waals surface area contributed by atoms with Crippen molar-refractivity contribution in [1.82, 2.24) is 4.90 Å². The summed E-state index contributed by atoms with van der Waals surface area (Å²) < 4.78 is 97.0. The first-order valence-corrected chi connectivity index (χ1v) is 33.3. The monoisotopic (exact) mass is 1390 g/mol. The molecule has 6 atom stereocenters. The van der Waals surface area contributed by atoms with Gasteiger partial charge in [-0.25, -0.2) is 9.79 Å². The number of rotatable bonds is 26. The number of esters is 1. The number of nitrogens with zero attached hydrogens (tertiary/aromatic N) is 2. The molecule has 1 heterocycles. The van der Waals surface area contributed by atoms with Gasteiger partial charge in [-0.3, -0.25) is 33.2 Å². The quantitative estimate of drug-likeness (QED) is 0.0150. The van der Waals surface area contributed by atoms with Gasteiger partial charge in [0.25, 0.3) is 20.2 Å². The van der Waals surface area contributed by atoms with Gasteiger partial charge in [-0.2, -0.15) is 16.8 Å². The molecule has 21 nitrogen and oxygen atoms in total. The largest absolute Gasteiger partial charge is 0.536 e. The van der Waals surface area contributed by atoms with Crippen LogP contribution in [0.5, 0.6) is 0 Å². The molecule has 0 spiro atoms. The summed E-state index contributed by atoms with van der Waals surface area (Å²) in [6.07, 6.45) is 5.53. The van der Waals surface area contributed by atoms with Gasteiger partial charge in [-0.15, -0.1) is 0 Å². The van der Waals surface area contributed by atoms with Gasteiger partial charge in [0.15, 0.2) is 0 Å². The maximum atomic E-state index is 12.2. The van der Waals surface area contributed by atoms with Crippen LogP contribution in [0.1, 0.15) is 255 Å². The van der Waals surface area contributed by atoms with E-state index in [0.29, 0.717) is 38.1 Å². The number of ether oxygens (including phenoxy) is 1. The van der Waals surface area contributed by atoms with Crippen molar-refractivity contribution in [3.63, 3.8) is 0 Å². The lowest BCUT2D eigenvalue weighted by Crippen LogP contribution is -2.56. The summed E-state index contributed by atoms with van der Waals surface area (Å²) in [6, 6.07) is 14.7. The molecule has 0 saturated carbocycles. The van der Waals surface area contributed by atoms with Gasteiger partial charge in [0.2, 0.25) is 17.9 Å². The van der Waals surface area contributed by atoms with Gasteiger partial charge in [-0.1, -0.05) is 195 Å². The molecule has 25 heteroatoms. The van der Waals surface area contributed by atoms with Crippen LogP contribution in [-0.4, -0.2) is 149 Å². The zero-order valence-electron chi connectivity index (χ0n) is 50.4. The normalized spacial score (nSPS) is 13.8. The van der Waals surface area contributed by atoms with Crippen molar-refractivity contribution >= 4 is 72.9 Å². The van der Waals surface area contributed by atoms with Crippen LogP contribution in [0.4, 0.5) is 0 Å². The first kappa shape index (κ1) is 124. The lowest BCUT2D eigenvalue weighted by Gasteiger charge is -2.31. The number of imide groups is 1.